The first-order valence-electron chi connectivity index (χ1n) is 7.66. The molecule has 3 rings (SSSR count). The van der Waals surface area contributed by atoms with Gasteiger partial charge in [0.2, 0.25) is 11.9 Å². The molecule has 116 valence electrons. The van der Waals surface area contributed by atoms with Crippen molar-refractivity contribution in [2.24, 2.45) is 0 Å². The fraction of sp³-hybridized carbons (Fsp3) is 0.400. The maximum atomic E-state index is 5.82. The van der Waals surface area contributed by atoms with Gasteiger partial charge in [0.25, 0.3) is 0 Å². The van der Waals surface area contributed by atoms with Gasteiger partial charge < -0.3 is 20.9 Å². The molecular formula is C15H23N7+2. The second-order valence-corrected chi connectivity index (χ2v) is 5.81. The molecule has 1 fully saturated rings. The maximum Gasteiger partial charge on any atom is 0.232 e. The van der Waals surface area contributed by atoms with Crippen LogP contribution >= 0.6 is 0 Å². The van der Waals surface area contributed by atoms with Gasteiger partial charge in [-0.25, -0.2) is 0 Å². The van der Waals surface area contributed by atoms with E-state index in [2.05, 4.69) is 27.3 Å². The van der Waals surface area contributed by atoms with Crippen molar-refractivity contribution in [1.82, 2.24) is 15.0 Å². The Balaban J connectivity index is 1.70. The topological polar surface area (TPSA) is 85.6 Å². The van der Waals surface area contributed by atoms with Crippen molar-refractivity contribution in [3.63, 3.8) is 0 Å². The average molecular weight is 301 g/mol. The van der Waals surface area contributed by atoms with E-state index in [1.165, 1.54) is 18.0 Å². The first-order chi connectivity index (χ1) is 10.7. The standard InChI is InChI=1S/C15H21N7/c1-21-7-9-22(10-8-21)11-13-18-14(16)20-15(19-13)17-12-5-3-2-4-6-12/h2-6H,7-11H2,1H3,(H3,16,17,18,19,20)/p+2. The number of anilines is 3. The lowest BCUT2D eigenvalue weighted by molar-refractivity contribution is -1.01. The van der Waals surface area contributed by atoms with Crippen molar-refractivity contribution in [2.75, 3.05) is 44.3 Å². The van der Waals surface area contributed by atoms with Crippen LogP contribution in [0.1, 0.15) is 5.82 Å². The number of para-hydroxylation sites is 1. The monoisotopic (exact) mass is 301 g/mol. The third kappa shape index (κ3) is 3.90. The van der Waals surface area contributed by atoms with Crippen LogP contribution in [0.2, 0.25) is 0 Å². The molecule has 0 unspecified atom stereocenters. The zero-order valence-electron chi connectivity index (χ0n) is 12.8. The zero-order chi connectivity index (χ0) is 15.4. The van der Waals surface area contributed by atoms with Crippen molar-refractivity contribution in [2.45, 2.75) is 6.54 Å². The normalized spacial score (nSPS) is 21.5. The predicted molar refractivity (Wildman–Crippen MR) is 85.0 cm³/mol. The summed E-state index contributed by atoms with van der Waals surface area (Å²) in [6, 6.07) is 9.83. The molecule has 0 saturated carbocycles. The number of hydrogen-bond acceptors (Lipinski definition) is 5. The smallest absolute Gasteiger partial charge is 0.232 e. The van der Waals surface area contributed by atoms with Crippen LogP contribution in [0.15, 0.2) is 30.3 Å². The molecule has 2 heterocycles. The number of nitrogens with two attached hydrogens (primary N) is 1. The summed E-state index contributed by atoms with van der Waals surface area (Å²) in [4.78, 5) is 16.0. The molecule has 0 spiro atoms. The van der Waals surface area contributed by atoms with Crippen LogP contribution in [0.25, 0.3) is 0 Å². The highest BCUT2D eigenvalue weighted by atomic mass is 15.3. The van der Waals surface area contributed by atoms with Crippen LogP contribution in [0.3, 0.4) is 0 Å². The highest BCUT2D eigenvalue weighted by Crippen LogP contribution is 2.12. The molecule has 0 atom stereocenters. The zero-order valence-corrected chi connectivity index (χ0v) is 12.8. The molecule has 7 heteroatoms. The van der Waals surface area contributed by atoms with Crippen LogP contribution in [0.4, 0.5) is 17.6 Å². The molecule has 0 radical (unpaired) electrons. The lowest BCUT2D eigenvalue weighted by Crippen LogP contribution is -3.26. The Labute approximate surface area is 130 Å². The molecule has 1 aliphatic heterocycles. The van der Waals surface area contributed by atoms with E-state index in [1.54, 1.807) is 4.90 Å². The van der Waals surface area contributed by atoms with Crippen LogP contribution in [0.5, 0.6) is 0 Å². The highest BCUT2D eigenvalue weighted by Gasteiger charge is 2.21. The van der Waals surface area contributed by atoms with Gasteiger partial charge in [-0.15, -0.1) is 0 Å². The van der Waals surface area contributed by atoms with Gasteiger partial charge in [0, 0.05) is 5.69 Å². The number of nitrogens with one attached hydrogen (secondary N) is 3. The summed E-state index contributed by atoms with van der Waals surface area (Å²) in [6.07, 6.45) is 0. The van der Waals surface area contributed by atoms with E-state index >= 15 is 0 Å². The van der Waals surface area contributed by atoms with E-state index in [9.17, 15) is 0 Å². The van der Waals surface area contributed by atoms with E-state index in [0.717, 1.165) is 31.1 Å². The van der Waals surface area contributed by atoms with E-state index in [1.807, 2.05) is 30.3 Å². The molecule has 1 saturated heterocycles. The van der Waals surface area contributed by atoms with Gasteiger partial charge in [-0.1, -0.05) is 18.2 Å². The molecule has 7 nitrogen and oxygen atoms in total. The fourth-order valence-electron chi connectivity index (χ4n) is 2.65. The number of nitrogen functional groups attached to an aromatic ring is 1. The van der Waals surface area contributed by atoms with Gasteiger partial charge in [-0.3, -0.25) is 0 Å². The summed E-state index contributed by atoms with van der Waals surface area (Å²) in [5.41, 5.74) is 6.76. The van der Waals surface area contributed by atoms with Crippen LogP contribution in [-0.2, 0) is 6.54 Å². The van der Waals surface area contributed by atoms with Crippen molar-refractivity contribution >= 4 is 17.6 Å². The van der Waals surface area contributed by atoms with Gasteiger partial charge in [-0.2, -0.15) is 15.0 Å². The van der Waals surface area contributed by atoms with Crippen LogP contribution < -0.4 is 20.9 Å². The predicted octanol–water partition coefficient (Wildman–Crippen LogP) is -1.89. The SMILES string of the molecule is C[NH+]1CC[NH+](Cc2nc(N)nc(Nc3ccccc3)n2)CC1. The summed E-state index contributed by atoms with van der Waals surface area (Å²) in [7, 11) is 2.24. The maximum absolute atomic E-state index is 5.82. The lowest BCUT2D eigenvalue weighted by Gasteiger charge is -2.26. The van der Waals surface area contributed by atoms with Crippen LogP contribution in [0, 0.1) is 0 Å². The number of benzene rings is 1. The Hall–Kier alpha value is -2.25. The Bertz CT molecular complexity index is 609. The molecule has 22 heavy (non-hydrogen) atoms. The number of likely N-dealkylation sites (N-methyl/N-ethyl adjacent to an activating group) is 1. The van der Waals surface area contributed by atoms with Gasteiger partial charge >= 0.3 is 0 Å². The van der Waals surface area contributed by atoms with Crippen molar-refractivity contribution in [3.8, 4) is 0 Å². The molecule has 1 aromatic heterocycles. The van der Waals surface area contributed by atoms with E-state index in [4.69, 9.17) is 5.73 Å². The van der Waals surface area contributed by atoms with Gasteiger partial charge in [0.05, 0.1) is 7.05 Å². The van der Waals surface area contributed by atoms with Gasteiger partial charge in [0.15, 0.2) is 5.82 Å². The largest absolute Gasteiger partial charge is 0.368 e. The lowest BCUT2D eigenvalue weighted by atomic mass is 10.3. The number of aromatic nitrogens is 3. The van der Waals surface area contributed by atoms with Crippen LogP contribution in [-0.4, -0.2) is 48.2 Å². The molecule has 1 aliphatic rings. The second kappa shape index (κ2) is 6.67. The number of quaternary nitrogens is 2. The molecular weight excluding hydrogens is 278 g/mol. The molecule has 5 N–H and O–H groups in total. The van der Waals surface area contributed by atoms with Gasteiger partial charge in [-0.05, 0) is 12.1 Å². The summed E-state index contributed by atoms with van der Waals surface area (Å²) >= 11 is 0. The first-order valence-corrected chi connectivity index (χ1v) is 7.66. The van der Waals surface area contributed by atoms with E-state index in [0.29, 0.717) is 5.95 Å². The Morgan fingerprint density at radius 1 is 1.05 bits per heavy atom. The molecule has 0 bridgehead atoms. The Kier molecular flexibility index (Phi) is 4.45. The number of nitrogens with zero attached hydrogens (tertiary/aromatic N) is 3. The highest BCUT2D eigenvalue weighted by molar-refractivity contribution is 5.53. The minimum Gasteiger partial charge on any atom is -0.368 e. The molecule has 1 aromatic carbocycles. The summed E-state index contributed by atoms with van der Waals surface area (Å²) in [5, 5.41) is 3.17. The Morgan fingerprint density at radius 2 is 1.77 bits per heavy atom. The molecule has 2 aromatic rings. The summed E-state index contributed by atoms with van der Waals surface area (Å²) in [6.45, 7) is 5.44. The van der Waals surface area contributed by atoms with Crippen molar-refractivity contribution in [3.05, 3.63) is 36.2 Å². The minimum absolute atomic E-state index is 0.266. The van der Waals surface area contributed by atoms with Crippen molar-refractivity contribution < 1.29 is 9.80 Å². The average Bonchev–Trinajstić information content (AvgIpc) is 2.50. The quantitative estimate of drug-likeness (QED) is 0.531. The third-order valence-electron chi connectivity index (χ3n) is 3.95. The van der Waals surface area contributed by atoms with E-state index < -0.39 is 0 Å². The fourth-order valence-corrected chi connectivity index (χ4v) is 2.65. The Morgan fingerprint density at radius 3 is 2.50 bits per heavy atom. The van der Waals surface area contributed by atoms with Gasteiger partial charge in [0.1, 0.15) is 32.7 Å². The van der Waals surface area contributed by atoms with E-state index in [-0.39, 0.29) is 5.95 Å². The molecule has 0 aliphatic carbocycles. The first kappa shape index (κ1) is 14.7. The minimum atomic E-state index is 0.266. The summed E-state index contributed by atoms with van der Waals surface area (Å²) < 4.78 is 0. The number of rotatable bonds is 4. The summed E-state index contributed by atoms with van der Waals surface area (Å²) in [5.74, 6) is 1.52. The third-order valence-corrected chi connectivity index (χ3v) is 3.95. The number of piperazine rings is 1. The second-order valence-electron chi connectivity index (χ2n) is 5.81. The number of hydrogen-bond donors (Lipinski definition) is 4. The van der Waals surface area contributed by atoms with Crippen molar-refractivity contribution in [1.29, 1.82) is 0 Å². The molecule has 0 amide bonds.